The molecule has 0 aliphatic heterocycles. The van der Waals surface area contributed by atoms with Gasteiger partial charge in [-0.3, -0.25) is 0 Å². The van der Waals surface area contributed by atoms with Gasteiger partial charge in [-0.2, -0.15) is 0 Å². The van der Waals surface area contributed by atoms with Gasteiger partial charge in [0.2, 0.25) is 11.8 Å². The molecule has 426 valence electrons. The van der Waals surface area contributed by atoms with Crippen LogP contribution < -0.4 is 0 Å². The molecule has 0 aliphatic carbocycles. The van der Waals surface area contributed by atoms with Crippen LogP contribution in [0.1, 0.15) is 0 Å². The molecule has 0 saturated heterocycles. The van der Waals surface area contributed by atoms with Gasteiger partial charge in [0.25, 0.3) is 0 Å². The van der Waals surface area contributed by atoms with E-state index in [1.54, 1.807) is 0 Å². The molecule has 0 fully saturated rings. The lowest BCUT2D eigenvalue weighted by molar-refractivity contribution is 0.619. The normalized spacial score (nSPS) is 11.4. The van der Waals surface area contributed by atoms with Crippen LogP contribution in [0.3, 0.4) is 0 Å². The molecule has 0 N–H and O–H groups in total. The first-order chi connectivity index (χ1) is 44.4. The molecule has 0 saturated carbocycles. The molecular weight excluding hydrogens is 1230 g/mol. The Balaban J connectivity index is 0.000000119. The van der Waals surface area contributed by atoms with E-state index < -0.39 is 0 Å². The van der Waals surface area contributed by atoms with E-state index in [2.05, 4.69) is 300 Å². The summed E-state index contributed by atoms with van der Waals surface area (Å²) in [5.41, 5.74) is 19.9. The van der Waals surface area contributed by atoms with Gasteiger partial charge in [0.05, 0.1) is 22.1 Å². The summed E-state index contributed by atoms with van der Waals surface area (Å²) in [5.74, 6) is 1.31. The van der Waals surface area contributed by atoms with Crippen LogP contribution in [-0.4, -0.2) is 19.1 Å². The van der Waals surface area contributed by atoms with Crippen molar-refractivity contribution in [2.24, 2.45) is 0 Å². The first-order valence-corrected chi connectivity index (χ1v) is 31.5. The summed E-state index contributed by atoms with van der Waals surface area (Å²) >= 11 is 7.10. The zero-order valence-corrected chi connectivity index (χ0v) is 51.6. The minimum absolute atomic E-state index is 0.647. The average molecular weight is 1290 g/mol. The maximum Gasteiger partial charge on any atom is 0.227 e. The molecule has 4 heterocycles. The van der Waals surface area contributed by atoms with E-state index in [4.69, 9.17) is 8.83 Å². The molecule has 6 nitrogen and oxygen atoms in total. The standard InChI is InChI=1S/C41H26N2O.C24H16BrN.C17H10BrNO/c1-2-8-27(9-3-1)28-18-21-34(22-19-28)43-38-12-6-4-10-35(38)36-26-32(20-23-39(36)43)30-14-15-31-25-33(17-16-29(31)24-30)41-42-37-11-5-7-13-40(37)44-41;25-19-12-15-24-22(16-19)21-8-4-5-9-23(21)26(24)20-13-10-18(11-14-20)17-6-2-1-3-7-17;18-14-8-7-11-9-13(6-5-12(11)10-14)17-19-15-3-1-2-4-16(15)20-17/h1-26H;1-16H;1-10H. The Morgan fingerprint density at radius 2 is 0.589 bits per heavy atom. The van der Waals surface area contributed by atoms with Crippen molar-refractivity contribution in [3.8, 4) is 67.7 Å². The van der Waals surface area contributed by atoms with Gasteiger partial charge in [-0.1, -0.05) is 214 Å². The first kappa shape index (κ1) is 54.5. The molecule has 0 radical (unpaired) electrons. The number of aromatic nitrogens is 4. The fourth-order valence-electron chi connectivity index (χ4n) is 12.4. The number of fused-ring (bicyclic) bond motifs is 10. The van der Waals surface area contributed by atoms with E-state index in [-0.39, 0.29) is 0 Å². The van der Waals surface area contributed by atoms with Crippen LogP contribution in [0, 0.1) is 0 Å². The van der Waals surface area contributed by atoms with E-state index in [9.17, 15) is 0 Å². The van der Waals surface area contributed by atoms with E-state index >= 15 is 0 Å². The lowest BCUT2D eigenvalue weighted by Gasteiger charge is -2.10. The highest BCUT2D eigenvalue weighted by molar-refractivity contribution is 9.10. The van der Waals surface area contributed by atoms with E-state index in [1.807, 2.05) is 66.7 Å². The van der Waals surface area contributed by atoms with Crippen LogP contribution >= 0.6 is 31.9 Å². The molecule has 0 aliphatic rings. The van der Waals surface area contributed by atoms with Gasteiger partial charge in [0, 0.05) is 53.0 Å². The molecule has 0 atom stereocenters. The van der Waals surface area contributed by atoms with E-state index in [0.717, 1.165) is 53.3 Å². The predicted octanol–water partition coefficient (Wildman–Crippen LogP) is 23.7. The monoisotopic (exact) mass is 1280 g/mol. The highest BCUT2D eigenvalue weighted by Gasteiger charge is 2.17. The highest BCUT2D eigenvalue weighted by Crippen LogP contribution is 2.39. The lowest BCUT2D eigenvalue weighted by Crippen LogP contribution is -1.93. The van der Waals surface area contributed by atoms with Crippen LogP contribution in [-0.2, 0) is 0 Å². The SMILES string of the molecule is Brc1ccc2c(c1)c1ccccc1n2-c1ccc(-c2ccccc2)cc1.Brc1ccc2cc(-c3nc4ccccc4o3)ccc2c1.c1ccc(-c2ccc(-n3c4ccccc4c4cc(-c5ccc6cc(-c7nc8ccccc8o7)ccc6c5)ccc43)cc2)cc1. The molecule has 0 unspecified atom stereocenters. The Morgan fingerprint density at radius 1 is 0.244 bits per heavy atom. The fraction of sp³-hybridized carbons (Fsp3) is 0. The van der Waals surface area contributed by atoms with Crippen molar-refractivity contribution in [1.82, 2.24) is 19.1 Å². The van der Waals surface area contributed by atoms with Gasteiger partial charge in [0.15, 0.2) is 11.2 Å². The van der Waals surface area contributed by atoms with E-state index in [0.29, 0.717) is 11.8 Å². The Morgan fingerprint density at radius 3 is 1.11 bits per heavy atom. The second kappa shape index (κ2) is 23.3. The number of para-hydroxylation sites is 6. The Hall–Kier alpha value is -10.9. The molecule has 0 spiro atoms. The third-order valence-corrected chi connectivity index (χ3v) is 17.8. The van der Waals surface area contributed by atoms with Crippen LogP contribution in [0.2, 0.25) is 0 Å². The average Bonchev–Trinajstić information content (AvgIpc) is 1.73. The number of rotatable bonds is 7. The van der Waals surface area contributed by atoms with Gasteiger partial charge < -0.3 is 18.0 Å². The maximum atomic E-state index is 6.02. The van der Waals surface area contributed by atoms with Gasteiger partial charge in [-0.15, -0.1) is 0 Å². The number of hydrogen-bond acceptors (Lipinski definition) is 4. The van der Waals surface area contributed by atoms with Crippen LogP contribution in [0.15, 0.2) is 333 Å². The molecule has 8 heteroatoms. The second-order valence-corrected chi connectivity index (χ2v) is 24.2. The lowest BCUT2D eigenvalue weighted by atomic mass is 9.98. The third-order valence-electron chi connectivity index (χ3n) is 16.8. The largest absolute Gasteiger partial charge is 0.436 e. The highest BCUT2D eigenvalue weighted by atomic mass is 79.9. The minimum atomic E-state index is 0.647. The summed E-state index contributed by atoms with van der Waals surface area (Å²) < 4.78 is 18.7. The van der Waals surface area contributed by atoms with Gasteiger partial charge in [0.1, 0.15) is 11.0 Å². The molecule has 0 bridgehead atoms. The summed E-state index contributed by atoms with van der Waals surface area (Å²) in [6.45, 7) is 0. The van der Waals surface area contributed by atoms with Crippen molar-refractivity contribution >= 4 is 119 Å². The zero-order chi connectivity index (χ0) is 60.1. The topological polar surface area (TPSA) is 61.9 Å². The summed E-state index contributed by atoms with van der Waals surface area (Å²) in [6.07, 6.45) is 0. The molecule has 4 aromatic heterocycles. The minimum Gasteiger partial charge on any atom is -0.436 e. The summed E-state index contributed by atoms with van der Waals surface area (Å²) in [4.78, 5) is 9.21. The van der Waals surface area contributed by atoms with Crippen molar-refractivity contribution in [1.29, 1.82) is 0 Å². The van der Waals surface area contributed by atoms with Crippen molar-refractivity contribution in [2.45, 2.75) is 0 Å². The zero-order valence-electron chi connectivity index (χ0n) is 48.4. The van der Waals surface area contributed by atoms with Crippen molar-refractivity contribution < 1.29 is 8.83 Å². The number of nitrogens with zero attached hydrogens (tertiary/aromatic N) is 4. The van der Waals surface area contributed by atoms with Crippen LogP contribution in [0.5, 0.6) is 0 Å². The van der Waals surface area contributed by atoms with E-state index in [1.165, 1.54) is 98.8 Å². The second-order valence-electron chi connectivity index (χ2n) is 22.4. The predicted molar refractivity (Wildman–Crippen MR) is 381 cm³/mol. The Labute approximate surface area is 535 Å². The molecule has 14 aromatic carbocycles. The van der Waals surface area contributed by atoms with Gasteiger partial charge in [-0.05, 0) is 188 Å². The fourth-order valence-corrected chi connectivity index (χ4v) is 13.2. The van der Waals surface area contributed by atoms with Crippen molar-refractivity contribution in [3.63, 3.8) is 0 Å². The maximum absolute atomic E-state index is 6.02. The van der Waals surface area contributed by atoms with Gasteiger partial charge in [-0.25, -0.2) is 9.97 Å². The summed E-state index contributed by atoms with van der Waals surface area (Å²) in [7, 11) is 0. The quantitative estimate of drug-likeness (QED) is 0.160. The smallest absolute Gasteiger partial charge is 0.227 e. The molecular formula is C82H52Br2N4O2. The molecule has 0 amide bonds. The number of hydrogen-bond donors (Lipinski definition) is 0. The van der Waals surface area contributed by atoms with Gasteiger partial charge >= 0.3 is 0 Å². The third kappa shape index (κ3) is 10.4. The number of benzene rings is 14. The Bertz CT molecular complexity index is 5620. The molecule has 18 rings (SSSR count). The molecule has 18 aromatic rings. The summed E-state index contributed by atoms with van der Waals surface area (Å²) in [5, 5.41) is 9.75. The van der Waals surface area contributed by atoms with Crippen molar-refractivity contribution in [2.75, 3.05) is 0 Å². The van der Waals surface area contributed by atoms with Crippen LogP contribution in [0.4, 0.5) is 0 Å². The summed E-state index contributed by atoms with van der Waals surface area (Å²) in [6, 6.07) is 111. The van der Waals surface area contributed by atoms with Crippen LogP contribution in [0.25, 0.3) is 155 Å². The number of halogens is 2. The van der Waals surface area contributed by atoms with Crippen molar-refractivity contribution in [3.05, 3.63) is 324 Å². The first-order valence-electron chi connectivity index (χ1n) is 29.9. The Kier molecular flexibility index (Phi) is 14.1. The number of oxazole rings is 2. The molecule has 90 heavy (non-hydrogen) atoms.